The van der Waals surface area contributed by atoms with Crippen molar-refractivity contribution < 1.29 is 9.53 Å². The number of esters is 1. The molecule has 0 aliphatic rings. The molecule has 0 saturated carbocycles. The van der Waals surface area contributed by atoms with Gasteiger partial charge in [0, 0.05) is 5.71 Å². The van der Waals surface area contributed by atoms with Crippen LogP contribution in [0.3, 0.4) is 0 Å². The molecule has 0 aromatic rings. The van der Waals surface area contributed by atoms with E-state index in [0.717, 1.165) is 0 Å². The van der Waals surface area contributed by atoms with Gasteiger partial charge in [0.2, 0.25) is 0 Å². The number of rotatable bonds is 3. The van der Waals surface area contributed by atoms with Crippen LogP contribution in [0.4, 0.5) is 0 Å². The molecule has 0 radical (unpaired) electrons. The van der Waals surface area contributed by atoms with Gasteiger partial charge in [-0.25, -0.2) is 0 Å². The highest BCUT2D eigenvalue weighted by Crippen LogP contribution is 1.93. The maximum atomic E-state index is 10.7. The van der Waals surface area contributed by atoms with Gasteiger partial charge in [-0.3, -0.25) is 4.79 Å². The molecule has 4 nitrogen and oxygen atoms in total. The van der Waals surface area contributed by atoms with Crippen LogP contribution < -0.4 is 0 Å². The predicted molar refractivity (Wildman–Crippen MR) is 39.2 cm³/mol. The molecule has 0 fully saturated rings. The van der Waals surface area contributed by atoms with Crippen molar-refractivity contribution in [2.75, 3.05) is 0 Å². The van der Waals surface area contributed by atoms with Gasteiger partial charge in [-0.15, -0.1) is 0 Å². The fourth-order valence-corrected chi connectivity index (χ4v) is 0.482. The Labute approximate surface area is 65.3 Å². The van der Waals surface area contributed by atoms with E-state index in [1.54, 1.807) is 6.07 Å². The Kier molecular flexibility index (Phi) is 3.89. The molecule has 4 heteroatoms. The third kappa shape index (κ3) is 5.09. The van der Waals surface area contributed by atoms with Crippen molar-refractivity contribution in [3.05, 3.63) is 0 Å². The van der Waals surface area contributed by atoms with Crippen molar-refractivity contribution in [3.63, 3.8) is 0 Å². The molecule has 0 heterocycles. The van der Waals surface area contributed by atoms with Gasteiger partial charge in [-0.05, 0) is 13.8 Å². The molecule has 0 aromatic heterocycles. The minimum atomic E-state index is -0.721. The quantitative estimate of drug-likeness (QED) is 0.484. The molecule has 0 aliphatic carbocycles. The van der Waals surface area contributed by atoms with Gasteiger partial charge in [0.25, 0.3) is 0 Å². The van der Waals surface area contributed by atoms with Crippen molar-refractivity contribution in [2.45, 2.75) is 26.4 Å². The monoisotopic (exact) mass is 154 g/mol. The first-order chi connectivity index (χ1) is 5.06. The van der Waals surface area contributed by atoms with Crippen LogP contribution in [0.5, 0.6) is 0 Å². The highest BCUT2D eigenvalue weighted by atomic mass is 16.5. The van der Waals surface area contributed by atoms with Crippen LogP contribution in [0.15, 0.2) is 0 Å². The average molecular weight is 154 g/mol. The third-order valence-corrected chi connectivity index (χ3v) is 0.900. The average Bonchev–Trinajstić information content (AvgIpc) is 1.85. The zero-order valence-corrected chi connectivity index (χ0v) is 6.55. The zero-order valence-electron chi connectivity index (χ0n) is 6.55. The topological polar surface area (TPSA) is 73.9 Å². The van der Waals surface area contributed by atoms with E-state index in [1.165, 1.54) is 13.8 Å². The zero-order chi connectivity index (χ0) is 8.85. The normalized spacial score (nSPS) is 11.4. The van der Waals surface area contributed by atoms with E-state index < -0.39 is 12.1 Å². The molecule has 1 atom stereocenters. The van der Waals surface area contributed by atoms with Crippen LogP contribution in [0, 0.1) is 16.7 Å². The summed E-state index contributed by atoms with van der Waals surface area (Å²) in [5, 5.41) is 15.2. The number of nitrogens with one attached hydrogen (secondary N) is 1. The van der Waals surface area contributed by atoms with Gasteiger partial charge in [0.15, 0.2) is 6.10 Å². The Bertz CT molecular complexity index is 205. The minimum Gasteiger partial charge on any atom is -0.447 e. The summed E-state index contributed by atoms with van der Waals surface area (Å²) in [6, 6.07) is 1.76. The summed E-state index contributed by atoms with van der Waals surface area (Å²) < 4.78 is 4.57. The maximum Gasteiger partial charge on any atom is 0.312 e. The first-order valence-electron chi connectivity index (χ1n) is 3.19. The number of hydrogen-bond donors (Lipinski definition) is 1. The van der Waals surface area contributed by atoms with E-state index in [-0.39, 0.29) is 12.1 Å². The van der Waals surface area contributed by atoms with Crippen LogP contribution in [0.1, 0.15) is 20.3 Å². The largest absolute Gasteiger partial charge is 0.447 e. The number of nitriles is 1. The Morgan fingerprint density at radius 3 is 2.73 bits per heavy atom. The van der Waals surface area contributed by atoms with E-state index >= 15 is 0 Å². The van der Waals surface area contributed by atoms with Gasteiger partial charge in [-0.1, -0.05) is 0 Å². The van der Waals surface area contributed by atoms with E-state index in [0.29, 0.717) is 0 Å². The van der Waals surface area contributed by atoms with Gasteiger partial charge in [-0.2, -0.15) is 5.26 Å². The predicted octanol–water partition coefficient (Wildman–Crippen LogP) is 0.871. The van der Waals surface area contributed by atoms with Crippen molar-refractivity contribution in [1.82, 2.24) is 0 Å². The Morgan fingerprint density at radius 2 is 2.36 bits per heavy atom. The molecule has 0 rings (SSSR count). The summed E-state index contributed by atoms with van der Waals surface area (Å²) in [6.07, 6.45) is -0.756. The lowest BCUT2D eigenvalue weighted by molar-refractivity contribution is -0.144. The summed E-state index contributed by atoms with van der Waals surface area (Å²) in [6.45, 7) is 3.00. The second-order valence-corrected chi connectivity index (χ2v) is 2.22. The second kappa shape index (κ2) is 4.45. The van der Waals surface area contributed by atoms with Crippen LogP contribution in [-0.4, -0.2) is 17.8 Å². The van der Waals surface area contributed by atoms with Gasteiger partial charge < -0.3 is 10.1 Å². The van der Waals surface area contributed by atoms with Gasteiger partial charge in [0.05, 0.1) is 6.42 Å². The fourth-order valence-electron chi connectivity index (χ4n) is 0.482. The van der Waals surface area contributed by atoms with Crippen LogP contribution in [-0.2, 0) is 9.53 Å². The van der Waals surface area contributed by atoms with E-state index in [1.807, 2.05) is 0 Å². The molecule has 0 bridgehead atoms. The van der Waals surface area contributed by atoms with Crippen LogP contribution in [0.25, 0.3) is 0 Å². The Balaban J connectivity index is 3.72. The summed E-state index contributed by atoms with van der Waals surface area (Å²) >= 11 is 0. The summed E-state index contributed by atoms with van der Waals surface area (Å²) in [4.78, 5) is 10.7. The highest BCUT2D eigenvalue weighted by Gasteiger charge is 2.07. The van der Waals surface area contributed by atoms with Crippen LogP contribution in [0.2, 0.25) is 0 Å². The second-order valence-electron chi connectivity index (χ2n) is 2.22. The Hall–Kier alpha value is -1.37. The number of hydrogen-bond acceptors (Lipinski definition) is 4. The molecule has 0 amide bonds. The summed E-state index contributed by atoms with van der Waals surface area (Å²) in [7, 11) is 0. The van der Waals surface area contributed by atoms with Crippen LogP contribution >= 0.6 is 0 Å². The third-order valence-electron chi connectivity index (χ3n) is 0.900. The number of carbonyl (C=O) groups is 1. The smallest absolute Gasteiger partial charge is 0.312 e. The fraction of sp³-hybridized carbons (Fsp3) is 0.571. The van der Waals surface area contributed by atoms with Gasteiger partial charge >= 0.3 is 5.97 Å². The molecule has 60 valence electrons. The van der Waals surface area contributed by atoms with Crippen molar-refractivity contribution >= 4 is 11.7 Å². The van der Waals surface area contributed by atoms with Crippen molar-refractivity contribution in [3.8, 4) is 6.07 Å². The lowest BCUT2D eigenvalue weighted by Crippen LogP contribution is -2.14. The van der Waals surface area contributed by atoms with Crippen molar-refractivity contribution in [2.24, 2.45) is 0 Å². The molecule has 0 saturated heterocycles. The Morgan fingerprint density at radius 1 is 1.82 bits per heavy atom. The van der Waals surface area contributed by atoms with Crippen molar-refractivity contribution in [1.29, 1.82) is 10.7 Å². The number of carbonyl (C=O) groups excluding carboxylic acids is 1. The SMILES string of the molecule is CC(=N)CC(=O)OC(C)C#N. The molecule has 0 spiro atoms. The lowest BCUT2D eigenvalue weighted by atomic mass is 10.3. The summed E-state index contributed by atoms with van der Waals surface area (Å²) in [5.41, 5.74) is 0.236. The first kappa shape index (κ1) is 9.63. The maximum absolute atomic E-state index is 10.7. The number of ether oxygens (including phenoxy) is 1. The molecule has 1 N–H and O–H groups in total. The minimum absolute atomic E-state index is 0.0357. The first-order valence-corrected chi connectivity index (χ1v) is 3.19. The molecule has 1 unspecified atom stereocenters. The molecule has 11 heavy (non-hydrogen) atoms. The standard InChI is InChI=1S/C7H10N2O2/c1-5(9)3-7(10)11-6(2)4-8/h6,9H,3H2,1-2H3. The highest BCUT2D eigenvalue weighted by molar-refractivity contribution is 5.95. The summed E-state index contributed by atoms with van der Waals surface area (Å²) in [5.74, 6) is -0.522. The molecule has 0 aromatic carbocycles. The van der Waals surface area contributed by atoms with E-state index in [9.17, 15) is 4.79 Å². The van der Waals surface area contributed by atoms with Gasteiger partial charge in [0.1, 0.15) is 6.07 Å². The molecular weight excluding hydrogens is 144 g/mol. The molecule has 0 aliphatic heterocycles. The molecular formula is C7H10N2O2. The van der Waals surface area contributed by atoms with E-state index in [4.69, 9.17) is 10.7 Å². The lowest BCUT2D eigenvalue weighted by Gasteiger charge is -2.03. The van der Waals surface area contributed by atoms with E-state index in [2.05, 4.69) is 4.74 Å². The number of nitrogens with zero attached hydrogens (tertiary/aromatic N) is 1.